The van der Waals surface area contributed by atoms with E-state index in [1.165, 1.54) is 12.8 Å². The molecule has 0 radical (unpaired) electrons. The summed E-state index contributed by atoms with van der Waals surface area (Å²) in [5.41, 5.74) is 8.56. The van der Waals surface area contributed by atoms with Crippen LogP contribution in [0.15, 0.2) is 28.7 Å². The van der Waals surface area contributed by atoms with Gasteiger partial charge in [0.05, 0.1) is 0 Å². The Morgan fingerprint density at radius 1 is 1.19 bits per heavy atom. The fraction of sp³-hybridized carbons (Fsp3) is 0.444. The van der Waals surface area contributed by atoms with E-state index >= 15 is 0 Å². The highest BCUT2D eigenvalue weighted by Gasteiger charge is 2.23. The summed E-state index contributed by atoms with van der Waals surface area (Å²) in [4.78, 5) is 9.34. The molecule has 1 aliphatic rings. The predicted molar refractivity (Wildman–Crippen MR) is 110 cm³/mol. The van der Waals surface area contributed by atoms with E-state index < -0.39 is 0 Å². The number of nitrogens with one attached hydrogen (secondary N) is 2. The summed E-state index contributed by atoms with van der Waals surface area (Å²) in [6, 6.07) is 8.21. The second-order valence-corrected chi connectivity index (χ2v) is 7.72. The van der Waals surface area contributed by atoms with Gasteiger partial charge in [0, 0.05) is 28.8 Å². The first-order valence-corrected chi connectivity index (χ1v) is 10.1. The standard InChI is InChI=1S/C18H23BrN8/c1-2-27-17-15(25-26-27)16(21-12-9-7-11(19)8-10-12)23-18(24-17)22-14-6-4-3-5-13(14)20/h7-10,13-14H,2-6,20H2,1H3,(H2,21,22,23,24). The molecule has 0 bridgehead atoms. The largest absolute Gasteiger partial charge is 0.350 e. The molecule has 142 valence electrons. The Bertz CT molecular complexity index is 923. The van der Waals surface area contributed by atoms with E-state index in [0.717, 1.165) is 23.0 Å². The lowest BCUT2D eigenvalue weighted by atomic mass is 9.91. The molecular formula is C18H23BrN8. The number of rotatable bonds is 5. The molecule has 8 nitrogen and oxygen atoms in total. The highest BCUT2D eigenvalue weighted by molar-refractivity contribution is 9.10. The molecule has 1 fully saturated rings. The van der Waals surface area contributed by atoms with Crippen molar-refractivity contribution in [1.29, 1.82) is 0 Å². The van der Waals surface area contributed by atoms with Gasteiger partial charge in [-0.2, -0.15) is 9.97 Å². The Balaban J connectivity index is 1.70. The Hall–Kier alpha value is -2.26. The Kier molecular flexibility index (Phi) is 5.22. The lowest BCUT2D eigenvalue weighted by Gasteiger charge is -2.29. The first kappa shape index (κ1) is 18.1. The molecule has 0 spiro atoms. The van der Waals surface area contributed by atoms with Gasteiger partial charge in [0.15, 0.2) is 17.0 Å². The number of nitrogens with two attached hydrogens (primary N) is 1. The first-order chi connectivity index (χ1) is 13.1. The summed E-state index contributed by atoms with van der Waals surface area (Å²) in [5, 5.41) is 15.2. The van der Waals surface area contributed by atoms with Gasteiger partial charge in [0.25, 0.3) is 0 Å². The van der Waals surface area contributed by atoms with Crippen molar-refractivity contribution in [2.75, 3.05) is 10.6 Å². The Morgan fingerprint density at radius 2 is 1.96 bits per heavy atom. The predicted octanol–water partition coefficient (Wildman–Crippen LogP) is 3.43. The third-order valence-electron chi connectivity index (χ3n) is 4.90. The molecule has 1 aromatic carbocycles. The van der Waals surface area contributed by atoms with Crippen molar-refractivity contribution in [3.63, 3.8) is 0 Å². The molecular weight excluding hydrogens is 408 g/mol. The number of halogens is 1. The minimum absolute atomic E-state index is 0.121. The summed E-state index contributed by atoms with van der Waals surface area (Å²) in [7, 11) is 0. The number of nitrogens with zero attached hydrogens (tertiary/aromatic N) is 5. The molecule has 2 aromatic heterocycles. The minimum Gasteiger partial charge on any atom is -0.350 e. The summed E-state index contributed by atoms with van der Waals surface area (Å²) in [6.45, 7) is 2.70. The lowest BCUT2D eigenvalue weighted by molar-refractivity contribution is 0.402. The van der Waals surface area contributed by atoms with E-state index in [1.54, 1.807) is 4.68 Å². The van der Waals surface area contributed by atoms with Crippen molar-refractivity contribution in [1.82, 2.24) is 25.0 Å². The summed E-state index contributed by atoms with van der Waals surface area (Å²) < 4.78 is 2.79. The fourth-order valence-electron chi connectivity index (χ4n) is 3.40. The Labute approximate surface area is 166 Å². The van der Waals surface area contributed by atoms with Crippen molar-refractivity contribution >= 4 is 44.5 Å². The maximum absolute atomic E-state index is 6.28. The maximum atomic E-state index is 6.28. The van der Waals surface area contributed by atoms with E-state index in [-0.39, 0.29) is 12.1 Å². The monoisotopic (exact) mass is 430 g/mol. The molecule has 4 N–H and O–H groups in total. The zero-order valence-electron chi connectivity index (χ0n) is 15.2. The quantitative estimate of drug-likeness (QED) is 0.568. The highest BCUT2D eigenvalue weighted by Crippen LogP contribution is 2.26. The van der Waals surface area contributed by atoms with Crippen LogP contribution < -0.4 is 16.4 Å². The van der Waals surface area contributed by atoms with E-state index in [2.05, 4.69) is 46.8 Å². The van der Waals surface area contributed by atoms with Crippen LogP contribution in [0, 0.1) is 0 Å². The summed E-state index contributed by atoms with van der Waals surface area (Å²) in [5.74, 6) is 1.19. The molecule has 9 heteroatoms. The highest BCUT2D eigenvalue weighted by atomic mass is 79.9. The van der Waals surface area contributed by atoms with Crippen LogP contribution in [0.25, 0.3) is 11.2 Å². The Morgan fingerprint density at radius 3 is 2.70 bits per heavy atom. The van der Waals surface area contributed by atoms with E-state index in [4.69, 9.17) is 5.73 Å². The summed E-state index contributed by atoms with van der Waals surface area (Å²) >= 11 is 3.45. The first-order valence-electron chi connectivity index (χ1n) is 9.30. The molecule has 2 unspecified atom stereocenters. The van der Waals surface area contributed by atoms with Gasteiger partial charge in [0.1, 0.15) is 0 Å². The van der Waals surface area contributed by atoms with Crippen molar-refractivity contribution in [3.05, 3.63) is 28.7 Å². The van der Waals surface area contributed by atoms with Gasteiger partial charge in [-0.3, -0.25) is 0 Å². The molecule has 2 atom stereocenters. The average molecular weight is 431 g/mol. The van der Waals surface area contributed by atoms with Crippen LogP contribution in [0.1, 0.15) is 32.6 Å². The molecule has 0 saturated heterocycles. The number of hydrogen-bond acceptors (Lipinski definition) is 7. The van der Waals surface area contributed by atoms with Crippen LogP contribution in [0.4, 0.5) is 17.5 Å². The topological polar surface area (TPSA) is 107 Å². The van der Waals surface area contributed by atoms with Crippen LogP contribution in [-0.4, -0.2) is 37.0 Å². The van der Waals surface area contributed by atoms with Crippen LogP contribution in [0.2, 0.25) is 0 Å². The third kappa shape index (κ3) is 3.89. The van der Waals surface area contributed by atoms with Gasteiger partial charge in [-0.1, -0.05) is 34.0 Å². The van der Waals surface area contributed by atoms with Crippen LogP contribution >= 0.6 is 15.9 Å². The van der Waals surface area contributed by atoms with E-state index in [0.29, 0.717) is 29.5 Å². The second-order valence-electron chi connectivity index (χ2n) is 6.80. The lowest BCUT2D eigenvalue weighted by Crippen LogP contribution is -2.43. The zero-order valence-corrected chi connectivity index (χ0v) is 16.8. The molecule has 3 aromatic rings. The number of anilines is 3. The second kappa shape index (κ2) is 7.77. The number of benzene rings is 1. The molecule has 1 aliphatic carbocycles. The van der Waals surface area contributed by atoms with Crippen molar-refractivity contribution < 1.29 is 0 Å². The van der Waals surface area contributed by atoms with Crippen LogP contribution in [0.3, 0.4) is 0 Å². The fourth-order valence-corrected chi connectivity index (χ4v) is 3.66. The molecule has 0 amide bonds. The van der Waals surface area contributed by atoms with Gasteiger partial charge in [0.2, 0.25) is 5.95 Å². The number of hydrogen-bond donors (Lipinski definition) is 3. The summed E-state index contributed by atoms with van der Waals surface area (Å²) in [6.07, 6.45) is 4.41. The molecule has 1 saturated carbocycles. The smallest absolute Gasteiger partial charge is 0.227 e. The molecule has 4 rings (SSSR count). The van der Waals surface area contributed by atoms with Crippen LogP contribution in [0.5, 0.6) is 0 Å². The van der Waals surface area contributed by atoms with Gasteiger partial charge in [-0.05, 0) is 44.0 Å². The normalized spacial score (nSPS) is 20.0. The number of aryl methyl sites for hydroxylation is 1. The average Bonchev–Trinajstić information content (AvgIpc) is 3.09. The van der Waals surface area contributed by atoms with Gasteiger partial charge >= 0.3 is 0 Å². The molecule has 0 aliphatic heterocycles. The van der Waals surface area contributed by atoms with Gasteiger partial charge in [-0.15, -0.1) is 5.10 Å². The van der Waals surface area contributed by atoms with E-state index in [1.807, 2.05) is 31.2 Å². The van der Waals surface area contributed by atoms with E-state index in [9.17, 15) is 0 Å². The van der Waals surface area contributed by atoms with Gasteiger partial charge < -0.3 is 16.4 Å². The molecule has 2 heterocycles. The zero-order chi connectivity index (χ0) is 18.8. The maximum Gasteiger partial charge on any atom is 0.227 e. The number of aromatic nitrogens is 5. The number of fused-ring (bicyclic) bond motifs is 1. The van der Waals surface area contributed by atoms with Gasteiger partial charge in [-0.25, -0.2) is 4.68 Å². The third-order valence-corrected chi connectivity index (χ3v) is 5.43. The van der Waals surface area contributed by atoms with Crippen molar-refractivity contribution in [3.8, 4) is 0 Å². The molecule has 27 heavy (non-hydrogen) atoms. The SMILES string of the molecule is CCn1nnc2c(Nc3ccc(Br)cc3)nc(NC3CCCCC3N)nc21. The minimum atomic E-state index is 0.121. The van der Waals surface area contributed by atoms with Crippen LogP contribution in [-0.2, 0) is 6.54 Å². The van der Waals surface area contributed by atoms with Crippen molar-refractivity contribution in [2.24, 2.45) is 5.73 Å². The van der Waals surface area contributed by atoms with Crippen molar-refractivity contribution in [2.45, 2.75) is 51.2 Å².